The highest BCUT2D eigenvalue weighted by Gasteiger charge is 2.26. The molecule has 7 heavy (non-hydrogen) atoms. The molecule has 2 aliphatic rings. The summed E-state index contributed by atoms with van der Waals surface area (Å²) >= 11 is 0. The lowest BCUT2D eigenvalue weighted by Crippen LogP contribution is -1.60. The molecule has 0 heterocycles. The molecular formula is C7H6. The lowest BCUT2D eigenvalue weighted by molar-refractivity contribution is 1.36. The Morgan fingerprint density at radius 2 is 2.43 bits per heavy atom. The van der Waals surface area contributed by atoms with Crippen molar-refractivity contribution in [3.05, 3.63) is 35.5 Å². The lowest BCUT2D eigenvalue weighted by atomic mass is 10.3. The number of hydrogen-bond donors (Lipinski definition) is 0. The van der Waals surface area contributed by atoms with Crippen molar-refractivity contribution in [1.82, 2.24) is 0 Å². The van der Waals surface area contributed by atoms with Crippen molar-refractivity contribution in [3.8, 4) is 0 Å². The van der Waals surface area contributed by atoms with E-state index in [2.05, 4.69) is 18.7 Å². The Kier molecular flexibility index (Phi) is 0.343. The molecule has 0 aromatic carbocycles. The van der Waals surface area contributed by atoms with Crippen LogP contribution in [0.2, 0.25) is 0 Å². The minimum atomic E-state index is 1.15. The molecule has 0 atom stereocenters. The van der Waals surface area contributed by atoms with E-state index >= 15 is 0 Å². The SMILES string of the molecule is C=C1C2=C1CC=C2. The van der Waals surface area contributed by atoms with E-state index in [1.807, 2.05) is 0 Å². The van der Waals surface area contributed by atoms with Gasteiger partial charge in [0.05, 0.1) is 0 Å². The predicted molar refractivity (Wildman–Crippen MR) is 29.9 cm³/mol. The molecule has 0 amide bonds. The lowest BCUT2D eigenvalue weighted by Gasteiger charge is -1.79. The summed E-state index contributed by atoms with van der Waals surface area (Å²) in [6.45, 7) is 3.83. The summed E-state index contributed by atoms with van der Waals surface area (Å²) < 4.78 is 0. The topological polar surface area (TPSA) is 0 Å². The van der Waals surface area contributed by atoms with Crippen LogP contribution in [0.3, 0.4) is 0 Å². The van der Waals surface area contributed by atoms with Crippen LogP contribution in [-0.4, -0.2) is 0 Å². The molecule has 2 rings (SSSR count). The third-order valence-electron chi connectivity index (χ3n) is 1.56. The van der Waals surface area contributed by atoms with E-state index in [0.29, 0.717) is 0 Å². The van der Waals surface area contributed by atoms with Gasteiger partial charge in [-0.15, -0.1) is 0 Å². The van der Waals surface area contributed by atoms with Crippen molar-refractivity contribution in [3.63, 3.8) is 0 Å². The van der Waals surface area contributed by atoms with Gasteiger partial charge in [0.25, 0.3) is 0 Å². The fourth-order valence-corrected chi connectivity index (χ4v) is 1.02. The van der Waals surface area contributed by atoms with Gasteiger partial charge in [-0.25, -0.2) is 0 Å². The van der Waals surface area contributed by atoms with Crippen LogP contribution in [0, 0.1) is 0 Å². The van der Waals surface area contributed by atoms with Crippen LogP contribution in [0.25, 0.3) is 0 Å². The van der Waals surface area contributed by atoms with Crippen LogP contribution in [0.1, 0.15) is 6.42 Å². The van der Waals surface area contributed by atoms with Crippen molar-refractivity contribution in [2.45, 2.75) is 6.42 Å². The summed E-state index contributed by atoms with van der Waals surface area (Å²) in [6.07, 6.45) is 5.48. The summed E-state index contributed by atoms with van der Waals surface area (Å²) in [5.41, 5.74) is 4.20. The molecule has 0 aromatic rings. The largest absolute Gasteiger partial charge is 0.0908 e. The smallest absolute Gasteiger partial charge is 0.00820 e. The number of rotatable bonds is 0. The van der Waals surface area contributed by atoms with E-state index in [0.717, 1.165) is 6.42 Å². The molecule has 0 unspecified atom stereocenters. The first-order valence-electron chi connectivity index (χ1n) is 2.49. The van der Waals surface area contributed by atoms with Gasteiger partial charge < -0.3 is 0 Å². The molecule has 0 bridgehead atoms. The summed E-state index contributed by atoms with van der Waals surface area (Å²) in [5, 5.41) is 0. The monoisotopic (exact) mass is 90.0 g/mol. The van der Waals surface area contributed by atoms with Crippen molar-refractivity contribution in [2.24, 2.45) is 0 Å². The van der Waals surface area contributed by atoms with Crippen LogP contribution in [0.4, 0.5) is 0 Å². The molecule has 0 spiro atoms. The Balaban J connectivity index is 2.48. The molecule has 0 nitrogen and oxygen atoms in total. The fourth-order valence-electron chi connectivity index (χ4n) is 1.02. The Bertz CT molecular complexity index is 192. The van der Waals surface area contributed by atoms with Crippen molar-refractivity contribution in [2.75, 3.05) is 0 Å². The standard InChI is InChI=1S/C7H6/c1-5-6-3-2-4-7(5)6/h2-3H,1,4H2. The molecule has 2 aliphatic carbocycles. The van der Waals surface area contributed by atoms with Crippen molar-refractivity contribution in [1.29, 1.82) is 0 Å². The van der Waals surface area contributed by atoms with Gasteiger partial charge in [0.1, 0.15) is 0 Å². The Labute approximate surface area is 42.8 Å². The minimum absolute atomic E-state index is 1.15. The molecule has 0 heteroatoms. The Hall–Kier alpha value is -0.780. The van der Waals surface area contributed by atoms with Gasteiger partial charge in [0.2, 0.25) is 0 Å². The van der Waals surface area contributed by atoms with Crippen LogP contribution in [0.15, 0.2) is 35.5 Å². The highest BCUT2D eigenvalue weighted by molar-refractivity contribution is 5.73. The Morgan fingerprint density at radius 3 is 2.71 bits per heavy atom. The third kappa shape index (κ3) is 0.234. The van der Waals surface area contributed by atoms with Gasteiger partial charge in [-0.3, -0.25) is 0 Å². The highest BCUT2D eigenvalue weighted by atomic mass is 14.3. The fraction of sp³-hybridized carbons (Fsp3) is 0.143. The molecule has 0 aromatic heterocycles. The third-order valence-corrected chi connectivity index (χ3v) is 1.56. The Morgan fingerprint density at radius 1 is 1.57 bits per heavy atom. The van der Waals surface area contributed by atoms with Crippen molar-refractivity contribution < 1.29 is 0 Å². The normalized spacial score (nSPS) is 23.7. The van der Waals surface area contributed by atoms with E-state index in [-0.39, 0.29) is 0 Å². The summed E-state index contributed by atoms with van der Waals surface area (Å²) in [7, 11) is 0. The molecule has 0 saturated heterocycles. The second kappa shape index (κ2) is 0.738. The second-order valence-electron chi connectivity index (χ2n) is 1.98. The van der Waals surface area contributed by atoms with Crippen LogP contribution < -0.4 is 0 Å². The zero-order chi connectivity index (χ0) is 4.85. The average molecular weight is 90.1 g/mol. The average Bonchev–Trinajstić information content (AvgIpc) is 2.26. The van der Waals surface area contributed by atoms with Gasteiger partial charge in [0.15, 0.2) is 0 Å². The summed E-state index contributed by atoms with van der Waals surface area (Å²) in [6, 6.07) is 0. The predicted octanol–water partition coefficient (Wildman–Crippen LogP) is 1.81. The molecule has 0 radical (unpaired) electrons. The maximum atomic E-state index is 3.83. The first-order chi connectivity index (χ1) is 3.39. The van der Waals surface area contributed by atoms with E-state index in [9.17, 15) is 0 Å². The van der Waals surface area contributed by atoms with Gasteiger partial charge in [-0.2, -0.15) is 0 Å². The number of hydrogen-bond acceptors (Lipinski definition) is 0. The maximum Gasteiger partial charge on any atom is -0.00820 e. The van der Waals surface area contributed by atoms with E-state index in [1.165, 1.54) is 16.7 Å². The quantitative estimate of drug-likeness (QED) is 0.425. The van der Waals surface area contributed by atoms with E-state index in [1.54, 1.807) is 0 Å². The molecule has 0 fully saturated rings. The first kappa shape index (κ1) is 3.25. The highest BCUT2D eigenvalue weighted by Crippen LogP contribution is 2.44. The van der Waals surface area contributed by atoms with Crippen molar-refractivity contribution >= 4 is 0 Å². The zero-order valence-electron chi connectivity index (χ0n) is 4.07. The summed E-state index contributed by atoms with van der Waals surface area (Å²) in [4.78, 5) is 0. The van der Waals surface area contributed by atoms with Gasteiger partial charge in [0, 0.05) is 0 Å². The first-order valence-corrected chi connectivity index (χ1v) is 2.49. The summed E-state index contributed by atoms with van der Waals surface area (Å²) in [5.74, 6) is 0. The van der Waals surface area contributed by atoms with Crippen LogP contribution >= 0.6 is 0 Å². The van der Waals surface area contributed by atoms with Crippen LogP contribution in [-0.2, 0) is 0 Å². The van der Waals surface area contributed by atoms with E-state index in [4.69, 9.17) is 0 Å². The molecule has 0 N–H and O–H groups in total. The molecular weight excluding hydrogens is 84.1 g/mol. The van der Waals surface area contributed by atoms with Gasteiger partial charge in [-0.1, -0.05) is 18.7 Å². The second-order valence-corrected chi connectivity index (χ2v) is 1.98. The van der Waals surface area contributed by atoms with E-state index < -0.39 is 0 Å². The molecule has 34 valence electrons. The van der Waals surface area contributed by atoms with Gasteiger partial charge >= 0.3 is 0 Å². The molecule has 0 aliphatic heterocycles. The van der Waals surface area contributed by atoms with Gasteiger partial charge in [-0.05, 0) is 23.1 Å². The van der Waals surface area contributed by atoms with Crippen LogP contribution in [0.5, 0.6) is 0 Å². The number of allylic oxidation sites excluding steroid dienone is 5. The zero-order valence-corrected chi connectivity index (χ0v) is 4.07. The minimum Gasteiger partial charge on any atom is -0.0908 e. The molecule has 0 saturated carbocycles. The maximum absolute atomic E-state index is 3.83.